The fourth-order valence-corrected chi connectivity index (χ4v) is 3.09. The first-order valence-corrected chi connectivity index (χ1v) is 8.65. The van der Waals surface area contributed by atoms with Crippen molar-refractivity contribution >= 4 is 10.8 Å². The number of hydrogen-bond donors (Lipinski definition) is 0. The van der Waals surface area contributed by atoms with Crippen LogP contribution in [0.15, 0.2) is 0 Å². The number of hydrogen-bond acceptors (Lipinski definition) is 1. The van der Waals surface area contributed by atoms with E-state index < -0.39 is 10.8 Å². The van der Waals surface area contributed by atoms with E-state index in [0.29, 0.717) is 0 Å². The third kappa shape index (κ3) is 12.2. The van der Waals surface area contributed by atoms with Crippen molar-refractivity contribution in [3.63, 3.8) is 0 Å². The molecule has 0 spiro atoms. The van der Waals surface area contributed by atoms with Crippen molar-refractivity contribution < 1.29 is 4.21 Å². The molecule has 16 heavy (non-hydrogen) atoms. The highest BCUT2D eigenvalue weighted by atomic mass is 32.2. The van der Waals surface area contributed by atoms with Gasteiger partial charge >= 0.3 is 0 Å². The van der Waals surface area contributed by atoms with Crippen LogP contribution in [0.5, 0.6) is 0 Å². The van der Waals surface area contributed by atoms with E-state index in [1.807, 2.05) is 0 Å². The van der Waals surface area contributed by atoms with Crippen LogP contribution in [0.1, 0.15) is 78.1 Å². The average molecular weight is 246 g/mol. The van der Waals surface area contributed by atoms with Gasteiger partial charge in [-0.05, 0) is 12.8 Å². The van der Waals surface area contributed by atoms with E-state index in [1.54, 1.807) is 0 Å². The van der Waals surface area contributed by atoms with Crippen LogP contribution in [0, 0.1) is 0 Å². The molecule has 0 saturated heterocycles. The fraction of sp³-hybridized carbons (Fsp3) is 1.00. The largest absolute Gasteiger partial charge is 0.260 e. The van der Waals surface area contributed by atoms with E-state index in [4.69, 9.17) is 0 Å². The van der Waals surface area contributed by atoms with Crippen LogP contribution < -0.4 is 0 Å². The molecular formula is C14H30OS. The lowest BCUT2D eigenvalue weighted by Gasteiger charge is -2.02. The predicted molar refractivity (Wildman–Crippen MR) is 75.4 cm³/mol. The minimum absolute atomic E-state index is 0.531. The summed E-state index contributed by atoms with van der Waals surface area (Å²) < 4.78 is 11.6. The maximum Gasteiger partial charge on any atom is 0.0234 e. The lowest BCUT2D eigenvalue weighted by atomic mass is 10.1. The maximum atomic E-state index is 11.6. The second-order valence-corrected chi connectivity index (χ2v) is 6.37. The van der Waals surface area contributed by atoms with E-state index in [-0.39, 0.29) is 0 Å². The van der Waals surface area contributed by atoms with Crippen LogP contribution in [0.4, 0.5) is 0 Å². The van der Waals surface area contributed by atoms with Gasteiger partial charge in [0.1, 0.15) is 0 Å². The Morgan fingerprint density at radius 1 is 0.625 bits per heavy atom. The first-order valence-electron chi connectivity index (χ1n) is 7.16. The normalized spacial score (nSPS) is 12.9. The fourth-order valence-electron chi connectivity index (χ4n) is 1.84. The SMILES string of the molecule is CCCCCCCCS(=O)CCCCCC. The number of rotatable bonds is 12. The Morgan fingerprint density at radius 2 is 1.00 bits per heavy atom. The molecule has 2 heteroatoms. The van der Waals surface area contributed by atoms with E-state index >= 15 is 0 Å². The van der Waals surface area contributed by atoms with Gasteiger partial charge in [-0.1, -0.05) is 65.2 Å². The molecule has 0 aromatic carbocycles. The molecule has 1 unspecified atom stereocenters. The highest BCUT2D eigenvalue weighted by molar-refractivity contribution is 7.84. The quantitative estimate of drug-likeness (QED) is 0.457. The lowest BCUT2D eigenvalue weighted by molar-refractivity contribution is 0.620. The number of unbranched alkanes of at least 4 members (excludes halogenated alkanes) is 8. The van der Waals surface area contributed by atoms with Gasteiger partial charge in [0.05, 0.1) is 0 Å². The van der Waals surface area contributed by atoms with E-state index in [0.717, 1.165) is 17.9 Å². The highest BCUT2D eigenvalue weighted by Crippen LogP contribution is 2.06. The predicted octanol–water partition coefficient (Wildman–Crippen LogP) is 4.68. The van der Waals surface area contributed by atoms with Gasteiger partial charge in [0, 0.05) is 22.3 Å². The lowest BCUT2D eigenvalue weighted by Crippen LogP contribution is -2.02. The van der Waals surface area contributed by atoms with Crippen LogP contribution in [-0.2, 0) is 10.8 Å². The summed E-state index contributed by atoms with van der Waals surface area (Å²) in [7, 11) is -0.531. The standard InChI is InChI=1S/C14H30OS/c1-3-5-7-9-10-12-14-16(15)13-11-8-6-4-2/h3-14H2,1-2H3. The van der Waals surface area contributed by atoms with Gasteiger partial charge in [-0.25, -0.2) is 0 Å². The molecule has 1 nitrogen and oxygen atoms in total. The van der Waals surface area contributed by atoms with Gasteiger partial charge in [0.2, 0.25) is 0 Å². The molecule has 0 rings (SSSR count). The van der Waals surface area contributed by atoms with E-state index in [1.165, 1.54) is 57.8 Å². The molecule has 0 aliphatic rings. The Labute approximate surface area is 105 Å². The van der Waals surface area contributed by atoms with Crippen LogP contribution in [0.2, 0.25) is 0 Å². The highest BCUT2D eigenvalue weighted by Gasteiger charge is 1.99. The van der Waals surface area contributed by atoms with Crippen LogP contribution in [-0.4, -0.2) is 15.7 Å². The van der Waals surface area contributed by atoms with Crippen molar-refractivity contribution in [2.24, 2.45) is 0 Å². The smallest absolute Gasteiger partial charge is 0.0234 e. The Balaban J connectivity index is 3.11. The zero-order valence-electron chi connectivity index (χ0n) is 11.3. The molecule has 0 aliphatic carbocycles. The summed E-state index contributed by atoms with van der Waals surface area (Å²) >= 11 is 0. The van der Waals surface area contributed by atoms with Crippen molar-refractivity contribution in [2.75, 3.05) is 11.5 Å². The Kier molecular flexibility index (Phi) is 13.3. The molecule has 0 saturated carbocycles. The summed E-state index contributed by atoms with van der Waals surface area (Å²) in [4.78, 5) is 0. The molecule has 0 N–H and O–H groups in total. The van der Waals surface area contributed by atoms with Gasteiger partial charge in [0.15, 0.2) is 0 Å². The third-order valence-electron chi connectivity index (χ3n) is 2.95. The summed E-state index contributed by atoms with van der Waals surface area (Å²) in [5, 5.41) is 0. The van der Waals surface area contributed by atoms with Gasteiger partial charge in [0.25, 0.3) is 0 Å². The first kappa shape index (κ1) is 16.1. The van der Waals surface area contributed by atoms with Crippen molar-refractivity contribution in [2.45, 2.75) is 78.1 Å². The third-order valence-corrected chi connectivity index (χ3v) is 4.44. The Morgan fingerprint density at radius 3 is 1.50 bits per heavy atom. The minimum atomic E-state index is -0.531. The zero-order valence-corrected chi connectivity index (χ0v) is 12.1. The summed E-state index contributed by atoms with van der Waals surface area (Å²) in [6, 6.07) is 0. The molecule has 1 atom stereocenters. The molecule has 0 fully saturated rings. The molecule has 0 aromatic rings. The van der Waals surface area contributed by atoms with Crippen LogP contribution in [0.25, 0.3) is 0 Å². The topological polar surface area (TPSA) is 17.1 Å². The van der Waals surface area contributed by atoms with Crippen molar-refractivity contribution in [1.82, 2.24) is 0 Å². The van der Waals surface area contributed by atoms with Gasteiger partial charge < -0.3 is 0 Å². The molecule has 0 aromatic heterocycles. The van der Waals surface area contributed by atoms with E-state index in [9.17, 15) is 4.21 Å². The van der Waals surface area contributed by atoms with Crippen LogP contribution >= 0.6 is 0 Å². The molecule has 0 bridgehead atoms. The van der Waals surface area contributed by atoms with Gasteiger partial charge in [-0.2, -0.15) is 0 Å². The summed E-state index contributed by atoms with van der Waals surface area (Å²) in [6.45, 7) is 4.46. The van der Waals surface area contributed by atoms with Crippen molar-refractivity contribution in [3.8, 4) is 0 Å². The molecule has 0 heterocycles. The first-order chi connectivity index (χ1) is 7.81. The minimum Gasteiger partial charge on any atom is -0.260 e. The molecule has 98 valence electrons. The van der Waals surface area contributed by atoms with Crippen molar-refractivity contribution in [1.29, 1.82) is 0 Å². The van der Waals surface area contributed by atoms with Crippen molar-refractivity contribution in [3.05, 3.63) is 0 Å². The van der Waals surface area contributed by atoms with Gasteiger partial charge in [-0.15, -0.1) is 0 Å². The van der Waals surface area contributed by atoms with Gasteiger partial charge in [-0.3, -0.25) is 4.21 Å². The monoisotopic (exact) mass is 246 g/mol. The Hall–Kier alpha value is 0.150. The summed E-state index contributed by atoms with van der Waals surface area (Å²) in [6.07, 6.45) is 12.8. The molecule has 0 aliphatic heterocycles. The molecule has 0 radical (unpaired) electrons. The zero-order chi connectivity index (χ0) is 12.1. The Bertz CT molecular complexity index is 157. The summed E-state index contributed by atoms with van der Waals surface area (Å²) in [5.41, 5.74) is 0. The second-order valence-electron chi connectivity index (χ2n) is 4.68. The second kappa shape index (κ2) is 13.2. The maximum absolute atomic E-state index is 11.6. The average Bonchev–Trinajstić information content (AvgIpc) is 2.29. The summed E-state index contributed by atoms with van der Waals surface area (Å²) in [5.74, 6) is 1.88. The van der Waals surface area contributed by atoms with Crippen LogP contribution in [0.3, 0.4) is 0 Å². The molecule has 0 amide bonds. The molecular weight excluding hydrogens is 216 g/mol. The van der Waals surface area contributed by atoms with E-state index in [2.05, 4.69) is 13.8 Å².